The van der Waals surface area contributed by atoms with E-state index in [1.54, 1.807) is 26.5 Å². The quantitative estimate of drug-likeness (QED) is 0.875. The van der Waals surface area contributed by atoms with E-state index in [-0.39, 0.29) is 10.9 Å². The minimum Gasteiger partial charge on any atom is -0.472 e. The molecule has 0 aliphatic heterocycles. The summed E-state index contributed by atoms with van der Waals surface area (Å²) in [5, 5.41) is 3.85. The summed E-state index contributed by atoms with van der Waals surface area (Å²) < 4.78 is 33.0. The largest absolute Gasteiger partial charge is 0.472 e. The van der Waals surface area contributed by atoms with Gasteiger partial charge >= 0.3 is 0 Å². The van der Waals surface area contributed by atoms with Crippen LogP contribution >= 0.6 is 0 Å². The number of nitrogens with one attached hydrogen (secondary N) is 1. The Hall–Kier alpha value is -1.60. The van der Waals surface area contributed by atoms with Crippen LogP contribution in [0.2, 0.25) is 0 Å². The minimum absolute atomic E-state index is 0.170. The van der Waals surface area contributed by atoms with Crippen LogP contribution in [-0.2, 0) is 23.5 Å². The van der Waals surface area contributed by atoms with Crippen molar-refractivity contribution in [3.8, 4) is 0 Å². The van der Waals surface area contributed by atoms with Gasteiger partial charge in [0.2, 0.25) is 10.0 Å². The molecule has 2 aromatic heterocycles. The monoisotopic (exact) mass is 269 g/mol. The third kappa shape index (κ3) is 2.99. The second kappa shape index (κ2) is 4.95. The Balaban J connectivity index is 2.04. The van der Waals surface area contributed by atoms with E-state index in [1.165, 1.54) is 17.1 Å². The average molecular weight is 269 g/mol. The van der Waals surface area contributed by atoms with Crippen molar-refractivity contribution in [1.29, 1.82) is 0 Å². The summed E-state index contributed by atoms with van der Waals surface area (Å²) in [6.45, 7) is 1.81. The molecule has 1 N–H and O–H groups in total. The van der Waals surface area contributed by atoms with Crippen molar-refractivity contribution >= 4 is 10.0 Å². The number of aromatic nitrogens is 2. The summed E-state index contributed by atoms with van der Waals surface area (Å²) in [5.41, 5.74) is 0.955. The van der Waals surface area contributed by atoms with Gasteiger partial charge in [-0.3, -0.25) is 4.68 Å². The first-order chi connectivity index (χ1) is 8.47. The first-order valence-corrected chi connectivity index (χ1v) is 6.98. The first kappa shape index (κ1) is 12.8. The second-order valence-electron chi connectivity index (χ2n) is 4.21. The maximum Gasteiger partial charge on any atom is 0.243 e. The van der Waals surface area contributed by atoms with Crippen molar-refractivity contribution < 1.29 is 12.8 Å². The molecule has 0 aromatic carbocycles. The fourth-order valence-corrected chi connectivity index (χ4v) is 2.90. The molecule has 2 aromatic rings. The molecule has 0 unspecified atom stereocenters. The number of hydrogen-bond donors (Lipinski definition) is 1. The third-order valence-corrected chi connectivity index (χ3v) is 4.01. The topological polar surface area (TPSA) is 77.1 Å². The fraction of sp³-hybridized carbons (Fsp3) is 0.364. The molecule has 2 heterocycles. The molecule has 0 aliphatic rings. The summed E-state index contributed by atoms with van der Waals surface area (Å²) in [6, 6.07) is 1.60. The Morgan fingerprint density at radius 2 is 2.33 bits per heavy atom. The molecule has 0 amide bonds. The Morgan fingerprint density at radius 1 is 1.56 bits per heavy atom. The van der Waals surface area contributed by atoms with Crippen molar-refractivity contribution in [2.24, 2.45) is 7.05 Å². The van der Waals surface area contributed by atoms with Crippen LogP contribution in [0, 0.1) is 0 Å². The van der Waals surface area contributed by atoms with Gasteiger partial charge in [-0.2, -0.15) is 5.10 Å². The van der Waals surface area contributed by atoms with Gasteiger partial charge in [0, 0.05) is 19.3 Å². The van der Waals surface area contributed by atoms with Gasteiger partial charge in [0.05, 0.1) is 18.7 Å². The second-order valence-corrected chi connectivity index (χ2v) is 5.92. The SMILES string of the molecule is C[C@H](Cc1ccoc1)NS(=O)(=O)c1cnn(C)c1. The molecule has 6 nitrogen and oxygen atoms in total. The molecular formula is C11H15N3O3S. The molecule has 0 aliphatic carbocycles. The van der Waals surface area contributed by atoms with Gasteiger partial charge in [0.25, 0.3) is 0 Å². The number of nitrogens with zero attached hydrogens (tertiary/aromatic N) is 2. The van der Waals surface area contributed by atoms with Crippen LogP contribution in [0.3, 0.4) is 0 Å². The molecular weight excluding hydrogens is 254 g/mol. The van der Waals surface area contributed by atoms with Crippen molar-refractivity contribution in [2.75, 3.05) is 0 Å². The number of furan rings is 1. The van der Waals surface area contributed by atoms with Gasteiger partial charge in [0.15, 0.2) is 0 Å². The molecule has 98 valence electrons. The summed E-state index contributed by atoms with van der Waals surface area (Å²) in [5.74, 6) is 0. The number of rotatable bonds is 5. The molecule has 2 rings (SSSR count). The highest BCUT2D eigenvalue weighted by molar-refractivity contribution is 7.89. The normalized spacial score (nSPS) is 13.7. The van der Waals surface area contributed by atoms with Crippen LogP contribution in [0.5, 0.6) is 0 Å². The Bertz CT molecular complexity index is 601. The van der Waals surface area contributed by atoms with E-state index in [4.69, 9.17) is 4.42 Å². The van der Waals surface area contributed by atoms with Gasteiger partial charge in [-0.25, -0.2) is 13.1 Å². The molecule has 0 bridgehead atoms. The van der Waals surface area contributed by atoms with Crippen LogP contribution in [0.1, 0.15) is 12.5 Å². The predicted octanol–water partition coefficient (Wildman–Crippen LogP) is 0.923. The van der Waals surface area contributed by atoms with E-state index in [0.717, 1.165) is 5.56 Å². The van der Waals surface area contributed by atoms with E-state index in [0.29, 0.717) is 6.42 Å². The van der Waals surface area contributed by atoms with Crippen molar-refractivity contribution in [1.82, 2.24) is 14.5 Å². The smallest absolute Gasteiger partial charge is 0.243 e. The molecule has 0 spiro atoms. The van der Waals surface area contributed by atoms with Gasteiger partial charge < -0.3 is 4.42 Å². The van der Waals surface area contributed by atoms with Crippen LogP contribution in [0.15, 0.2) is 40.3 Å². The molecule has 0 saturated carbocycles. The molecule has 0 saturated heterocycles. The number of sulfonamides is 1. The van der Waals surface area contributed by atoms with Crippen molar-refractivity contribution in [2.45, 2.75) is 24.3 Å². The van der Waals surface area contributed by atoms with Gasteiger partial charge in [-0.05, 0) is 25.0 Å². The van der Waals surface area contributed by atoms with Crippen molar-refractivity contribution in [3.63, 3.8) is 0 Å². The highest BCUT2D eigenvalue weighted by atomic mass is 32.2. The zero-order valence-electron chi connectivity index (χ0n) is 10.2. The Kier molecular flexibility index (Phi) is 3.53. The number of aryl methyl sites for hydroxylation is 1. The molecule has 1 atom stereocenters. The van der Waals surface area contributed by atoms with Crippen LogP contribution in [0.4, 0.5) is 0 Å². The first-order valence-electron chi connectivity index (χ1n) is 5.49. The Labute approximate surface area is 106 Å². The standard InChI is InChI=1S/C11H15N3O3S/c1-9(5-10-3-4-17-8-10)13-18(15,16)11-6-12-14(2)7-11/h3-4,6-9,13H,5H2,1-2H3/t9-/m1/s1. The van der Waals surface area contributed by atoms with Crippen molar-refractivity contribution in [3.05, 3.63) is 36.5 Å². The molecule has 0 radical (unpaired) electrons. The van der Waals surface area contributed by atoms with E-state index in [9.17, 15) is 8.42 Å². The lowest BCUT2D eigenvalue weighted by atomic mass is 10.1. The van der Waals surface area contributed by atoms with E-state index < -0.39 is 10.0 Å². The summed E-state index contributed by atoms with van der Waals surface area (Å²) in [6.07, 6.45) is 6.54. The minimum atomic E-state index is -3.51. The van der Waals surface area contributed by atoms with Crippen LogP contribution in [-0.4, -0.2) is 24.2 Å². The fourth-order valence-electron chi connectivity index (χ4n) is 1.67. The van der Waals surface area contributed by atoms with Crippen LogP contribution < -0.4 is 4.72 Å². The van der Waals surface area contributed by atoms with Gasteiger partial charge in [-0.15, -0.1) is 0 Å². The lowest BCUT2D eigenvalue weighted by molar-refractivity contribution is 0.549. The highest BCUT2D eigenvalue weighted by Gasteiger charge is 2.19. The third-order valence-electron chi connectivity index (χ3n) is 2.47. The summed E-state index contributed by atoms with van der Waals surface area (Å²) >= 11 is 0. The van der Waals surface area contributed by atoms with Crippen LogP contribution in [0.25, 0.3) is 0 Å². The summed E-state index contributed by atoms with van der Waals surface area (Å²) in [4.78, 5) is 0.170. The zero-order chi connectivity index (χ0) is 13.2. The van der Waals surface area contributed by atoms with Gasteiger partial charge in [-0.1, -0.05) is 0 Å². The molecule has 7 heteroatoms. The Morgan fingerprint density at radius 3 is 2.89 bits per heavy atom. The highest BCUT2D eigenvalue weighted by Crippen LogP contribution is 2.09. The average Bonchev–Trinajstić information content (AvgIpc) is 2.88. The van der Waals surface area contributed by atoms with E-state index >= 15 is 0 Å². The predicted molar refractivity (Wildman–Crippen MR) is 65.4 cm³/mol. The maximum atomic E-state index is 12.0. The van der Waals surface area contributed by atoms with E-state index in [1.807, 2.05) is 6.07 Å². The zero-order valence-corrected chi connectivity index (χ0v) is 11.0. The maximum absolute atomic E-state index is 12.0. The van der Waals surface area contributed by atoms with Gasteiger partial charge in [0.1, 0.15) is 4.90 Å². The molecule has 0 fully saturated rings. The lowest BCUT2D eigenvalue weighted by Crippen LogP contribution is -2.33. The van der Waals surface area contributed by atoms with E-state index in [2.05, 4.69) is 9.82 Å². The molecule has 18 heavy (non-hydrogen) atoms. The lowest BCUT2D eigenvalue weighted by Gasteiger charge is -2.12. The number of hydrogen-bond acceptors (Lipinski definition) is 4. The summed E-state index contributed by atoms with van der Waals surface area (Å²) in [7, 11) is -1.83.